The third-order valence-corrected chi connectivity index (χ3v) is 1.92. The molecule has 13 heavy (non-hydrogen) atoms. The third kappa shape index (κ3) is 1.31. The van der Waals surface area contributed by atoms with Gasteiger partial charge in [-0.05, 0) is 0 Å². The lowest BCUT2D eigenvalue weighted by atomic mass is 10.5. The van der Waals surface area contributed by atoms with Crippen molar-refractivity contribution in [2.75, 3.05) is 5.01 Å². The Hall–Kier alpha value is -1.69. The molecule has 68 valence electrons. The van der Waals surface area contributed by atoms with Crippen molar-refractivity contribution in [2.45, 2.75) is 12.5 Å². The zero-order chi connectivity index (χ0) is 9.42. The fourth-order valence-corrected chi connectivity index (χ4v) is 1.07. The predicted molar refractivity (Wildman–Crippen MR) is 44.9 cm³/mol. The molecule has 1 aromatic rings. The van der Waals surface area contributed by atoms with Gasteiger partial charge in [0.05, 0.1) is 12.5 Å². The summed E-state index contributed by atoms with van der Waals surface area (Å²) >= 11 is 0. The smallest absolute Gasteiger partial charge is 0.275 e. The minimum absolute atomic E-state index is 0.0470. The van der Waals surface area contributed by atoms with Crippen LogP contribution < -0.4 is 16.4 Å². The molecular formula is C7H8N4O2. The van der Waals surface area contributed by atoms with Crippen LogP contribution in [-0.2, 0) is 4.79 Å². The van der Waals surface area contributed by atoms with Crippen molar-refractivity contribution >= 4 is 11.5 Å². The van der Waals surface area contributed by atoms with E-state index in [1.807, 2.05) is 0 Å². The number of hydrazine groups is 1. The van der Waals surface area contributed by atoms with E-state index in [0.29, 0.717) is 6.42 Å². The normalized spacial score (nSPS) is 20.1. The SMILES string of the molecule is NN(c1cnc[nH]c1=O)C1CC1=O. The van der Waals surface area contributed by atoms with E-state index in [4.69, 9.17) is 5.84 Å². The standard InChI is InChI=1S/C7H8N4O2/c8-11(4-1-6(4)12)5-2-9-3-10-7(5)13/h2-4H,1,8H2,(H,9,10,13). The van der Waals surface area contributed by atoms with Gasteiger partial charge in [-0.1, -0.05) is 0 Å². The second kappa shape index (κ2) is 2.67. The first-order valence-corrected chi connectivity index (χ1v) is 3.79. The summed E-state index contributed by atoms with van der Waals surface area (Å²) in [5, 5.41) is 1.16. The number of carbonyl (C=O) groups is 1. The molecule has 2 rings (SSSR count). The summed E-state index contributed by atoms with van der Waals surface area (Å²) in [6.07, 6.45) is 3.02. The number of aromatic amines is 1. The Bertz CT molecular complexity index is 399. The third-order valence-electron chi connectivity index (χ3n) is 1.92. The van der Waals surface area contributed by atoms with Gasteiger partial charge in [0.25, 0.3) is 5.56 Å². The molecule has 1 atom stereocenters. The van der Waals surface area contributed by atoms with Gasteiger partial charge in [0.2, 0.25) is 0 Å². The highest BCUT2D eigenvalue weighted by Gasteiger charge is 2.40. The molecule has 1 aliphatic carbocycles. The van der Waals surface area contributed by atoms with E-state index in [0.717, 1.165) is 5.01 Å². The molecule has 1 aromatic heterocycles. The maximum Gasteiger partial charge on any atom is 0.275 e. The van der Waals surface area contributed by atoms with Crippen LogP contribution in [0, 0.1) is 0 Å². The number of hydrogen-bond donors (Lipinski definition) is 2. The fraction of sp³-hybridized carbons (Fsp3) is 0.286. The molecule has 0 bridgehead atoms. The molecule has 1 fully saturated rings. The van der Waals surface area contributed by atoms with Crippen LogP contribution >= 0.6 is 0 Å². The lowest BCUT2D eigenvalue weighted by Crippen LogP contribution is -2.38. The van der Waals surface area contributed by atoms with Gasteiger partial charge in [0, 0.05) is 6.42 Å². The molecule has 0 saturated heterocycles. The molecule has 0 aliphatic heterocycles. The Morgan fingerprint density at radius 3 is 2.85 bits per heavy atom. The number of nitrogens with zero attached hydrogens (tertiary/aromatic N) is 2. The van der Waals surface area contributed by atoms with E-state index < -0.39 is 0 Å². The van der Waals surface area contributed by atoms with Crippen LogP contribution in [-0.4, -0.2) is 21.8 Å². The number of hydrogen-bond acceptors (Lipinski definition) is 5. The minimum atomic E-state index is -0.342. The summed E-state index contributed by atoms with van der Waals surface area (Å²) in [7, 11) is 0. The van der Waals surface area contributed by atoms with Crippen molar-refractivity contribution in [1.29, 1.82) is 0 Å². The molecule has 1 aliphatic rings. The average molecular weight is 180 g/mol. The summed E-state index contributed by atoms with van der Waals surface area (Å²) in [6, 6.07) is -0.342. The zero-order valence-electron chi connectivity index (χ0n) is 6.73. The Balaban J connectivity index is 2.30. The van der Waals surface area contributed by atoms with Crippen LogP contribution in [0.15, 0.2) is 17.3 Å². The van der Waals surface area contributed by atoms with Crippen LogP contribution in [0.4, 0.5) is 5.69 Å². The van der Waals surface area contributed by atoms with Gasteiger partial charge in [-0.25, -0.2) is 10.8 Å². The van der Waals surface area contributed by atoms with E-state index in [1.54, 1.807) is 0 Å². The molecule has 1 heterocycles. The van der Waals surface area contributed by atoms with Crippen LogP contribution in [0.1, 0.15) is 6.42 Å². The summed E-state index contributed by atoms with van der Waals surface area (Å²) in [4.78, 5) is 28.0. The summed E-state index contributed by atoms with van der Waals surface area (Å²) in [5.41, 5.74) is -0.115. The second-order valence-electron chi connectivity index (χ2n) is 2.86. The number of nitrogens with one attached hydrogen (secondary N) is 1. The van der Waals surface area contributed by atoms with Crippen LogP contribution in [0.5, 0.6) is 0 Å². The number of aromatic nitrogens is 2. The van der Waals surface area contributed by atoms with E-state index in [-0.39, 0.29) is 23.1 Å². The lowest BCUT2D eigenvalue weighted by molar-refractivity contribution is -0.110. The number of nitrogens with two attached hydrogens (primary N) is 1. The van der Waals surface area contributed by atoms with Crippen molar-refractivity contribution < 1.29 is 4.79 Å². The van der Waals surface area contributed by atoms with E-state index in [1.165, 1.54) is 12.5 Å². The largest absolute Gasteiger partial charge is 0.311 e. The van der Waals surface area contributed by atoms with Crippen molar-refractivity contribution in [3.05, 3.63) is 22.9 Å². The highest BCUT2D eigenvalue weighted by Crippen LogP contribution is 2.21. The van der Waals surface area contributed by atoms with Gasteiger partial charge in [0.1, 0.15) is 11.7 Å². The molecule has 0 aromatic carbocycles. The quantitative estimate of drug-likeness (QED) is 0.440. The molecule has 0 radical (unpaired) electrons. The average Bonchev–Trinajstić information content (AvgIpc) is 2.82. The molecule has 0 amide bonds. The van der Waals surface area contributed by atoms with Gasteiger partial charge < -0.3 is 4.98 Å². The molecular weight excluding hydrogens is 172 g/mol. The van der Waals surface area contributed by atoms with Crippen LogP contribution in [0.25, 0.3) is 0 Å². The van der Waals surface area contributed by atoms with Crippen LogP contribution in [0.3, 0.4) is 0 Å². The number of rotatable bonds is 2. The Morgan fingerprint density at radius 2 is 2.31 bits per heavy atom. The monoisotopic (exact) mass is 180 g/mol. The first-order valence-electron chi connectivity index (χ1n) is 3.79. The number of Topliss-reactive ketones (excluding diaryl/α,β-unsaturated/α-hetero) is 1. The summed E-state index contributed by atoms with van der Waals surface area (Å²) in [6.45, 7) is 0. The number of carbonyl (C=O) groups excluding carboxylic acids is 1. The van der Waals surface area contributed by atoms with E-state index >= 15 is 0 Å². The fourth-order valence-electron chi connectivity index (χ4n) is 1.07. The van der Waals surface area contributed by atoms with Gasteiger partial charge in [-0.2, -0.15) is 0 Å². The lowest BCUT2D eigenvalue weighted by Gasteiger charge is -2.13. The Kier molecular flexibility index (Phi) is 1.63. The Morgan fingerprint density at radius 1 is 1.62 bits per heavy atom. The summed E-state index contributed by atoms with van der Waals surface area (Å²) in [5.74, 6) is 5.59. The predicted octanol–water partition coefficient (Wildman–Crippen LogP) is -1.21. The van der Waals surface area contributed by atoms with E-state index in [9.17, 15) is 9.59 Å². The van der Waals surface area contributed by atoms with Gasteiger partial charge >= 0.3 is 0 Å². The van der Waals surface area contributed by atoms with Gasteiger partial charge in [0.15, 0.2) is 5.78 Å². The molecule has 1 saturated carbocycles. The van der Waals surface area contributed by atoms with Crippen molar-refractivity contribution in [2.24, 2.45) is 5.84 Å². The highest BCUT2D eigenvalue weighted by atomic mass is 16.1. The minimum Gasteiger partial charge on any atom is -0.311 e. The topological polar surface area (TPSA) is 92.1 Å². The Labute approximate surface area is 73.4 Å². The maximum absolute atomic E-state index is 11.2. The van der Waals surface area contributed by atoms with Crippen molar-refractivity contribution in [3.63, 3.8) is 0 Å². The van der Waals surface area contributed by atoms with Crippen molar-refractivity contribution in [3.8, 4) is 0 Å². The molecule has 3 N–H and O–H groups in total. The summed E-state index contributed by atoms with van der Waals surface area (Å²) < 4.78 is 0. The molecule has 0 spiro atoms. The second-order valence-corrected chi connectivity index (χ2v) is 2.86. The zero-order valence-corrected chi connectivity index (χ0v) is 6.73. The molecule has 6 nitrogen and oxygen atoms in total. The number of H-pyrrole nitrogens is 1. The number of ketones is 1. The molecule has 6 heteroatoms. The highest BCUT2D eigenvalue weighted by molar-refractivity contribution is 6.02. The maximum atomic E-state index is 11.2. The van der Waals surface area contributed by atoms with Gasteiger partial charge in [-0.3, -0.25) is 14.6 Å². The van der Waals surface area contributed by atoms with E-state index in [2.05, 4.69) is 9.97 Å². The van der Waals surface area contributed by atoms with Crippen molar-refractivity contribution in [1.82, 2.24) is 9.97 Å². The molecule has 1 unspecified atom stereocenters. The first kappa shape index (κ1) is 7.93. The number of anilines is 1. The van der Waals surface area contributed by atoms with Gasteiger partial charge in [-0.15, -0.1) is 0 Å². The van der Waals surface area contributed by atoms with Crippen LogP contribution in [0.2, 0.25) is 0 Å². The first-order chi connectivity index (χ1) is 6.20.